The summed E-state index contributed by atoms with van der Waals surface area (Å²) >= 11 is 0. The molecule has 2 amide bonds. The Hall–Kier alpha value is -3.71. The lowest BCUT2D eigenvalue weighted by molar-refractivity contribution is -0.138. The molecule has 36 heavy (non-hydrogen) atoms. The molecule has 1 saturated heterocycles. The number of rotatable bonds is 10. The molecule has 1 aromatic heterocycles. The predicted molar refractivity (Wildman–Crippen MR) is 137 cm³/mol. The van der Waals surface area contributed by atoms with Gasteiger partial charge in [-0.05, 0) is 53.8 Å². The summed E-state index contributed by atoms with van der Waals surface area (Å²) < 4.78 is 11.6. The van der Waals surface area contributed by atoms with Gasteiger partial charge in [0.2, 0.25) is 11.8 Å². The molecule has 0 bridgehead atoms. The molecule has 7 heteroatoms. The number of hydrogen-bond donors (Lipinski definition) is 0. The smallest absolute Gasteiger partial charge is 0.242 e. The van der Waals surface area contributed by atoms with E-state index in [1.165, 1.54) is 5.56 Å². The maximum atomic E-state index is 13.2. The van der Waals surface area contributed by atoms with Crippen LogP contribution in [0.15, 0.2) is 79.1 Å². The molecule has 1 aliphatic heterocycles. The molecular formula is C29H33N3O4. The quantitative estimate of drug-likeness (QED) is 0.438. The van der Waals surface area contributed by atoms with Crippen LogP contribution < -0.4 is 4.74 Å². The lowest BCUT2D eigenvalue weighted by Gasteiger charge is -2.25. The third-order valence-corrected chi connectivity index (χ3v) is 6.39. The van der Waals surface area contributed by atoms with E-state index in [2.05, 4.69) is 17.1 Å². The fraction of sp³-hybridized carbons (Fsp3) is 0.345. The topological polar surface area (TPSA) is 72.0 Å². The van der Waals surface area contributed by atoms with Crippen molar-refractivity contribution in [2.75, 3.05) is 33.3 Å². The number of pyridine rings is 1. The largest absolute Gasteiger partial charge is 0.497 e. The molecule has 2 heterocycles. The molecule has 0 spiro atoms. The van der Waals surface area contributed by atoms with Gasteiger partial charge in [-0.3, -0.25) is 14.6 Å². The molecule has 7 nitrogen and oxygen atoms in total. The Bertz CT molecular complexity index is 1120. The number of benzene rings is 2. The minimum atomic E-state index is -0.289. The highest BCUT2D eigenvalue weighted by molar-refractivity contribution is 5.85. The van der Waals surface area contributed by atoms with E-state index in [4.69, 9.17) is 9.47 Å². The normalized spacial score (nSPS) is 16.0. The summed E-state index contributed by atoms with van der Waals surface area (Å²) in [5, 5.41) is 0. The maximum absolute atomic E-state index is 13.2. The second kappa shape index (κ2) is 12.8. The number of hydrogen-bond acceptors (Lipinski definition) is 5. The van der Waals surface area contributed by atoms with Crippen molar-refractivity contribution >= 4 is 11.8 Å². The molecular weight excluding hydrogens is 454 g/mol. The van der Waals surface area contributed by atoms with E-state index in [1.807, 2.05) is 59.5 Å². The molecule has 1 fully saturated rings. The van der Waals surface area contributed by atoms with Crippen LogP contribution in [0.5, 0.6) is 5.75 Å². The fourth-order valence-corrected chi connectivity index (χ4v) is 4.33. The van der Waals surface area contributed by atoms with E-state index in [0.717, 1.165) is 23.3 Å². The Labute approximate surface area is 212 Å². The first-order valence-corrected chi connectivity index (χ1v) is 12.3. The molecule has 3 aromatic rings. The van der Waals surface area contributed by atoms with Crippen LogP contribution in [0.3, 0.4) is 0 Å². The van der Waals surface area contributed by atoms with Gasteiger partial charge in [0.25, 0.3) is 0 Å². The van der Waals surface area contributed by atoms with Crippen molar-refractivity contribution in [1.82, 2.24) is 14.8 Å². The van der Waals surface area contributed by atoms with E-state index < -0.39 is 0 Å². The highest BCUT2D eigenvalue weighted by atomic mass is 16.5. The van der Waals surface area contributed by atoms with Crippen LogP contribution in [0.2, 0.25) is 0 Å². The number of ether oxygens (including phenoxy) is 2. The van der Waals surface area contributed by atoms with Gasteiger partial charge >= 0.3 is 0 Å². The number of carbonyl (C=O) groups is 2. The lowest BCUT2D eigenvalue weighted by atomic mass is 10.1. The van der Waals surface area contributed by atoms with Crippen LogP contribution in [-0.2, 0) is 33.8 Å². The average Bonchev–Trinajstić information content (AvgIpc) is 3.09. The van der Waals surface area contributed by atoms with Crippen LogP contribution in [0, 0.1) is 0 Å². The van der Waals surface area contributed by atoms with Gasteiger partial charge in [-0.25, -0.2) is 0 Å². The molecule has 0 saturated carbocycles. The van der Waals surface area contributed by atoms with Crippen molar-refractivity contribution in [1.29, 1.82) is 0 Å². The zero-order valence-corrected chi connectivity index (χ0v) is 20.7. The zero-order valence-electron chi connectivity index (χ0n) is 20.7. The minimum absolute atomic E-state index is 0.0416. The summed E-state index contributed by atoms with van der Waals surface area (Å²) in [6, 6.07) is 21.7. The van der Waals surface area contributed by atoms with Gasteiger partial charge < -0.3 is 19.3 Å². The van der Waals surface area contributed by atoms with Gasteiger partial charge in [0.15, 0.2) is 0 Å². The summed E-state index contributed by atoms with van der Waals surface area (Å²) in [6.07, 6.45) is 4.86. The third kappa shape index (κ3) is 7.39. The first-order valence-electron chi connectivity index (χ1n) is 12.3. The van der Waals surface area contributed by atoms with E-state index in [-0.39, 0.29) is 24.5 Å². The zero-order chi connectivity index (χ0) is 25.2. The molecule has 0 N–H and O–H groups in total. The first-order chi connectivity index (χ1) is 17.6. The Kier molecular flexibility index (Phi) is 9.05. The Balaban J connectivity index is 1.43. The monoisotopic (exact) mass is 487 g/mol. The number of carbonyl (C=O) groups excluding carboxylic acids is 2. The van der Waals surface area contributed by atoms with Gasteiger partial charge in [0, 0.05) is 38.4 Å². The molecule has 0 aliphatic carbocycles. The van der Waals surface area contributed by atoms with Crippen LogP contribution in [0.4, 0.5) is 0 Å². The van der Waals surface area contributed by atoms with Crippen LogP contribution in [0.25, 0.3) is 0 Å². The van der Waals surface area contributed by atoms with E-state index in [0.29, 0.717) is 39.1 Å². The molecule has 2 aromatic carbocycles. The second-order valence-corrected chi connectivity index (χ2v) is 8.99. The summed E-state index contributed by atoms with van der Waals surface area (Å²) in [6.45, 7) is 1.86. The number of amides is 2. The van der Waals surface area contributed by atoms with Crippen molar-refractivity contribution in [3.63, 3.8) is 0 Å². The number of methoxy groups -OCH3 is 1. The Morgan fingerprint density at radius 3 is 2.47 bits per heavy atom. The van der Waals surface area contributed by atoms with Crippen LogP contribution in [-0.4, -0.2) is 66.0 Å². The van der Waals surface area contributed by atoms with Gasteiger partial charge in [-0.2, -0.15) is 0 Å². The van der Waals surface area contributed by atoms with Crippen LogP contribution >= 0.6 is 0 Å². The van der Waals surface area contributed by atoms with Crippen molar-refractivity contribution < 1.29 is 19.1 Å². The Morgan fingerprint density at radius 2 is 1.69 bits per heavy atom. The molecule has 0 radical (unpaired) electrons. The summed E-state index contributed by atoms with van der Waals surface area (Å²) in [4.78, 5) is 33.8. The van der Waals surface area contributed by atoms with Crippen molar-refractivity contribution in [3.05, 3.63) is 95.8 Å². The standard InChI is InChI=1S/C29H33N3O4/c1-35-26-9-5-8-25(18-26)22-36-27-19-31(17-14-23-6-3-2-4-7-23)29(34)21-32(20-27)28(33)11-10-24-12-15-30-16-13-24/h2-9,12-13,15-16,18,27H,10-11,14,17,19-22H2,1H3. The van der Waals surface area contributed by atoms with E-state index in [9.17, 15) is 9.59 Å². The molecule has 1 aliphatic rings. The molecule has 1 atom stereocenters. The molecule has 4 rings (SSSR count). The summed E-state index contributed by atoms with van der Waals surface area (Å²) in [5.41, 5.74) is 3.21. The van der Waals surface area contributed by atoms with Crippen molar-refractivity contribution in [3.8, 4) is 5.75 Å². The fourth-order valence-electron chi connectivity index (χ4n) is 4.33. The molecule has 188 valence electrons. The highest BCUT2D eigenvalue weighted by Gasteiger charge is 2.30. The van der Waals surface area contributed by atoms with Crippen molar-refractivity contribution in [2.24, 2.45) is 0 Å². The first kappa shape index (κ1) is 25.4. The lowest BCUT2D eigenvalue weighted by Crippen LogP contribution is -2.40. The summed E-state index contributed by atoms with van der Waals surface area (Å²) in [7, 11) is 1.64. The van der Waals surface area contributed by atoms with E-state index >= 15 is 0 Å². The number of nitrogens with zero attached hydrogens (tertiary/aromatic N) is 3. The minimum Gasteiger partial charge on any atom is -0.497 e. The maximum Gasteiger partial charge on any atom is 0.242 e. The van der Waals surface area contributed by atoms with E-state index in [1.54, 1.807) is 24.4 Å². The second-order valence-electron chi connectivity index (χ2n) is 8.99. The Morgan fingerprint density at radius 1 is 0.944 bits per heavy atom. The van der Waals surface area contributed by atoms with Crippen LogP contribution in [0.1, 0.15) is 23.1 Å². The predicted octanol–water partition coefficient (Wildman–Crippen LogP) is 3.52. The van der Waals surface area contributed by atoms with Gasteiger partial charge in [0.05, 0.1) is 26.4 Å². The van der Waals surface area contributed by atoms with Gasteiger partial charge in [0.1, 0.15) is 5.75 Å². The third-order valence-electron chi connectivity index (χ3n) is 6.39. The number of aromatic nitrogens is 1. The highest BCUT2D eigenvalue weighted by Crippen LogP contribution is 2.17. The SMILES string of the molecule is COc1cccc(COC2CN(CCc3ccccc3)C(=O)CN(C(=O)CCc3ccncc3)C2)c1. The molecule has 1 unspecified atom stereocenters. The van der Waals surface area contributed by atoms with Gasteiger partial charge in [-0.15, -0.1) is 0 Å². The van der Waals surface area contributed by atoms with Gasteiger partial charge in [-0.1, -0.05) is 42.5 Å². The number of aryl methyl sites for hydroxylation is 1. The summed E-state index contributed by atoms with van der Waals surface area (Å²) in [5.74, 6) is 0.681. The average molecular weight is 488 g/mol. The van der Waals surface area contributed by atoms with Crippen molar-refractivity contribution in [2.45, 2.75) is 32.0 Å².